The van der Waals surface area contributed by atoms with Gasteiger partial charge in [-0.1, -0.05) is 18.2 Å². The van der Waals surface area contributed by atoms with Crippen LogP contribution in [-0.2, 0) is 4.79 Å². The molecule has 164 valence electrons. The Hall–Kier alpha value is -3.55. The molecule has 0 spiro atoms. The highest BCUT2D eigenvalue weighted by Gasteiger charge is 2.34. The summed E-state index contributed by atoms with van der Waals surface area (Å²) in [7, 11) is 3.04. The predicted molar refractivity (Wildman–Crippen MR) is 115 cm³/mol. The lowest BCUT2D eigenvalue weighted by atomic mass is 10.1. The molecule has 1 atom stereocenters. The van der Waals surface area contributed by atoms with Crippen molar-refractivity contribution < 1.29 is 23.9 Å². The molecule has 31 heavy (non-hydrogen) atoms. The highest BCUT2D eigenvalue weighted by molar-refractivity contribution is 5.98. The lowest BCUT2D eigenvalue weighted by molar-refractivity contribution is -0.124. The van der Waals surface area contributed by atoms with Crippen LogP contribution >= 0.6 is 0 Å². The van der Waals surface area contributed by atoms with Crippen LogP contribution in [0.5, 0.6) is 11.5 Å². The molecule has 0 aromatic heterocycles. The van der Waals surface area contributed by atoms with Gasteiger partial charge in [0.2, 0.25) is 5.91 Å². The summed E-state index contributed by atoms with van der Waals surface area (Å²) in [5.41, 5.74) is 0.973. The number of carbonyl (C=O) groups excluding carboxylic acids is 3. The van der Waals surface area contributed by atoms with E-state index in [4.69, 9.17) is 9.47 Å². The zero-order valence-electron chi connectivity index (χ0n) is 17.7. The van der Waals surface area contributed by atoms with Crippen molar-refractivity contribution in [2.24, 2.45) is 0 Å². The molecule has 8 nitrogen and oxygen atoms in total. The third-order valence-electron chi connectivity index (χ3n) is 5.16. The fourth-order valence-electron chi connectivity index (χ4n) is 3.55. The molecule has 2 aromatic carbocycles. The van der Waals surface area contributed by atoms with Crippen LogP contribution < -0.4 is 20.1 Å². The molecular weight excluding hydrogens is 398 g/mol. The molecule has 2 aromatic rings. The van der Waals surface area contributed by atoms with Crippen molar-refractivity contribution in [2.45, 2.75) is 18.9 Å². The smallest absolute Gasteiger partial charge is 0.254 e. The summed E-state index contributed by atoms with van der Waals surface area (Å²) in [6, 6.07) is 13.3. The van der Waals surface area contributed by atoms with Crippen LogP contribution in [0.2, 0.25) is 0 Å². The van der Waals surface area contributed by atoms with Gasteiger partial charge in [-0.2, -0.15) is 0 Å². The Morgan fingerprint density at radius 2 is 1.58 bits per heavy atom. The van der Waals surface area contributed by atoms with Crippen molar-refractivity contribution >= 4 is 17.7 Å². The Morgan fingerprint density at radius 1 is 0.935 bits per heavy atom. The van der Waals surface area contributed by atoms with Crippen LogP contribution in [0.1, 0.15) is 33.6 Å². The second kappa shape index (κ2) is 10.5. The van der Waals surface area contributed by atoms with Crippen LogP contribution in [-0.4, -0.2) is 62.5 Å². The van der Waals surface area contributed by atoms with E-state index < -0.39 is 6.04 Å². The van der Waals surface area contributed by atoms with E-state index in [-0.39, 0.29) is 24.3 Å². The molecular formula is C23H27N3O5. The first-order valence-corrected chi connectivity index (χ1v) is 10.2. The highest BCUT2D eigenvalue weighted by atomic mass is 16.5. The number of rotatable bonds is 8. The minimum Gasteiger partial charge on any atom is -0.497 e. The van der Waals surface area contributed by atoms with E-state index in [0.29, 0.717) is 42.1 Å². The number of nitrogens with zero attached hydrogens (tertiary/aromatic N) is 1. The number of amides is 3. The van der Waals surface area contributed by atoms with E-state index in [1.165, 1.54) is 14.2 Å². The quantitative estimate of drug-likeness (QED) is 0.630. The molecule has 1 saturated heterocycles. The van der Waals surface area contributed by atoms with Crippen LogP contribution in [0.25, 0.3) is 0 Å². The summed E-state index contributed by atoms with van der Waals surface area (Å²) in [5, 5.41) is 5.58. The number of benzene rings is 2. The largest absolute Gasteiger partial charge is 0.497 e. The Kier molecular flexibility index (Phi) is 7.48. The van der Waals surface area contributed by atoms with Crippen LogP contribution in [0.15, 0.2) is 48.5 Å². The lowest BCUT2D eigenvalue weighted by Gasteiger charge is -2.24. The number of nitrogens with one attached hydrogen (secondary N) is 2. The van der Waals surface area contributed by atoms with Crippen molar-refractivity contribution in [3.05, 3.63) is 59.7 Å². The molecule has 2 N–H and O–H groups in total. The van der Waals surface area contributed by atoms with E-state index in [2.05, 4.69) is 10.6 Å². The zero-order chi connectivity index (χ0) is 22.2. The molecule has 3 rings (SSSR count). The van der Waals surface area contributed by atoms with E-state index in [9.17, 15) is 14.4 Å². The van der Waals surface area contributed by atoms with Crippen molar-refractivity contribution in [1.29, 1.82) is 0 Å². The van der Waals surface area contributed by atoms with E-state index in [1.807, 2.05) is 6.07 Å². The van der Waals surface area contributed by atoms with Gasteiger partial charge in [0.1, 0.15) is 17.5 Å². The van der Waals surface area contributed by atoms with Crippen LogP contribution in [0.4, 0.5) is 0 Å². The first-order valence-electron chi connectivity index (χ1n) is 10.2. The van der Waals surface area contributed by atoms with Crippen molar-refractivity contribution in [3.8, 4) is 11.5 Å². The Labute approximate surface area is 181 Å². The summed E-state index contributed by atoms with van der Waals surface area (Å²) in [4.78, 5) is 39.4. The van der Waals surface area contributed by atoms with Gasteiger partial charge >= 0.3 is 0 Å². The number of ether oxygens (including phenoxy) is 2. The maximum absolute atomic E-state index is 13.1. The molecule has 0 bridgehead atoms. The second-order valence-electron chi connectivity index (χ2n) is 7.17. The topological polar surface area (TPSA) is 97.0 Å². The predicted octanol–water partition coefficient (Wildman–Crippen LogP) is 1.85. The summed E-state index contributed by atoms with van der Waals surface area (Å²) in [6.45, 7) is 1.08. The van der Waals surface area contributed by atoms with Gasteiger partial charge < -0.3 is 25.0 Å². The number of methoxy groups -OCH3 is 2. The Balaban J connectivity index is 1.55. The Morgan fingerprint density at radius 3 is 2.23 bits per heavy atom. The zero-order valence-corrected chi connectivity index (χ0v) is 17.7. The monoisotopic (exact) mass is 425 g/mol. The number of hydrogen-bond acceptors (Lipinski definition) is 5. The van der Waals surface area contributed by atoms with E-state index >= 15 is 0 Å². The summed E-state index contributed by atoms with van der Waals surface area (Å²) in [5.74, 6) is 0.357. The fraction of sp³-hybridized carbons (Fsp3) is 0.348. The van der Waals surface area contributed by atoms with Gasteiger partial charge in [-0.05, 0) is 37.1 Å². The first kappa shape index (κ1) is 22.1. The van der Waals surface area contributed by atoms with Gasteiger partial charge in [0.25, 0.3) is 11.8 Å². The van der Waals surface area contributed by atoms with Gasteiger partial charge in [-0.15, -0.1) is 0 Å². The van der Waals surface area contributed by atoms with Crippen molar-refractivity contribution in [2.75, 3.05) is 33.9 Å². The number of carbonyl (C=O) groups is 3. The van der Waals surface area contributed by atoms with Crippen LogP contribution in [0, 0.1) is 0 Å². The average molecular weight is 425 g/mol. The summed E-state index contributed by atoms with van der Waals surface area (Å²) in [6.07, 6.45) is 1.34. The number of likely N-dealkylation sites (tertiary alicyclic amines) is 1. The number of hydrogen-bond donors (Lipinski definition) is 2. The standard InChI is InChI=1S/C23H27N3O5/c1-30-18-13-17(14-19(15-18)31-2)23(29)26-12-6-9-20(26)22(28)25-11-10-24-21(27)16-7-4-3-5-8-16/h3-5,7-8,13-15,20H,6,9-12H2,1-2H3,(H,24,27)(H,25,28)/t20-/m1/s1. The van der Waals surface area contributed by atoms with E-state index in [1.54, 1.807) is 47.4 Å². The van der Waals surface area contributed by atoms with Gasteiger partial charge in [-0.3, -0.25) is 14.4 Å². The molecule has 0 radical (unpaired) electrons. The van der Waals surface area contributed by atoms with Gasteiger partial charge in [0.15, 0.2) is 0 Å². The molecule has 1 aliphatic heterocycles. The minimum absolute atomic E-state index is 0.195. The maximum atomic E-state index is 13.1. The molecule has 0 aliphatic carbocycles. The molecule has 8 heteroatoms. The normalized spacial score (nSPS) is 15.3. The van der Waals surface area contributed by atoms with Crippen LogP contribution in [0.3, 0.4) is 0 Å². The fourth-order valence-corrected chi connectivity index (χ4v) is 3.55. The lowest BCUT2D eigenvalue weighted by Crippen LogP contribution is -2.47. The summed E-state index contributed by atoms with van der Waals surface area (Å²) >= 11 is 0. The van der Waals surface area contributed by atoms with Crippen molar-refractivity contribution in [3.63, 3.8) is 0 Å². The summed E-state index contributed by atoms with van der Waals surface area (Å²) < 4.78 is 10.5. The third kappa shape index (κ3) is 5.53. The van der Waals surface area contributed by atoms with Gasteiger partial charge in [0.05, 0.1) is 14.2 Å². The van der Waals surface area contributed by atoms with Gasteiger partial charge in [-0.25, -0.2) is 0 Å². The SMILES string of the molecule is COc1cc(OC)cc(C(=O)N2CCC[C@@H]2C(=O)NCCNC(=O)c2ccccc2)c1. The highest BCUT2D eigenvalue weighted by Crippen LogP contribution is 2.26. The molecule has 1 heterocycles. The molecule has 0 saturated carbocycles. The first-order chi connectivity index (χ1) is 15.0. The molecule has 1 aliphatic rings. The second-order valence-corrected chi connectivity index (χ2v) is 7.17. The molecule has 1 fully saturated rings. The maximum Gasteiger partial charge on any atom is 0.254 e. The minimum atomic E-state index is -0.547. The van der Waals surface area contributed by atoms with E-state index in [0.717, 1.165) is 6.42 Å². The Bertz CT molecular complexity index is 910. The molecule has 3 amide bonds. The molecule has 0 unspecified atom stereocenters. The van der Waals surface area contributed by atoms with Crippen molar-refractivity contribution in [1.82, 2.24) is 15.5 Å². The average Bonchev–Trinajstić information content (AvgIpc) is 3.31. The third-order valence-corrected chi connectivity index (χ3v) is 5.16. The van der Waals surface area contributed by atoms with Gasteiger partial charge in [0, 0.05) is 36.8 Å².